The molecule has 44 heavy (non-hydrogen) atoms. The van der Waals surface area contributed by atoms with Crippen LogP contribution in [0.5, 0.6) is 17.2 Å². The highest BCUT2D eigenvalue weighted by Gasteiger charge is 2.34. The van der Waals surface area contributed by atoms with Crippen molar-refractivity contribution in [2.75, 3.05) is 27.9 Å². The molecule has 0 spiro atoms. The number of methoxy groups -OCH3 is 3. The Kier molecular flexibility index (Phi) is 7.84. The second-order valence-electron chi connectivity index (χ2n) is 10.1. The van der Waals surface area contributed by atoms with Gasteiger partial charge in [-0.1, -0.05) is 47.7 Å². The molecule has 0 bridgehead atoms. The van der Waals surface area contributed by atoms with Crippen molar-refractivity contribution >= 4 is 34.3 Å². The molecule has 0 amide bonds. The first kappa shape index (κ1) is 29.0. The van der Waals surface area contributed by atoms with Gasteiger partial charge in [-0.15, -0.1) is 0 Å². The van der Waals surface area contributed by atoms with Gasteiger partial charge in [0.05, 0.1) is 55.5 Å². The Bertz CT molecular complexity index is 2110. The predicted molar refractivity (Wildman–Crippen MR) is 170 cm³/mol. The van der Waals surface area contributed by atoms with Crippen LogP contribution in [-0.2, 0) is 9.53 Å². The highest BCUT2D eigenvalue weighted by Crippen LogP contribution is 2.37. The third-order valence-corrected chi connectivity index (χ3v) is 8.61. The molecule has 3 heterocycles. The van der Waals surface area contributed by atoms with Crippen LogP contribution in [0.25, 0.3) is 28.2 Å². The molecule has 1 N–H and O–H groups in total. The maximum absolute atomic E-state index is 14.4. The van der Waals surface area contributed by atoms with Crippen molar-refractivity contribution in [1.29, 1.82) is 0 Å². The molecule has 10 heteroatoms. The number of rotatable bonds is 8. The Morgan fingerprint density at radius 2 is 1.77 bits per heavy atom. The molecule has 1 aliphatic rings. The summed E-state index contributed by atoms with van der Waals surface area (Å²) in [6.45, 7) is 3.69. The molecule has 0 fully saturated rings. The van der Waals surface area contributed by atoms with Crippen LogP contribution < -0.4 is 29.1 Å². The molecule has 6 rings (SSSR count). The van der Waals surface area contributed by atoms with Gasteiger partial charge in [0.25, 0.3) is 5.56 Å². The van der Waals surface area contributed by atoms with Crippen LogP contribution in [0.2, 0.25) is 0 Å². The van der Waals surface area contributed by atoms with Crippen molar-refractivity contribution in [2.45, 2.75) is 19.9 Å². The normalized spacial score (nSPS) is 14.8. The summed E-state index contributed by atoms with van der Waals surface area (Å²) >= 11 is 1.27. The van der Waals surface area contributed by atoms with Crippen molar-refractivity contribution in [3.63, 3.8) is 0 Å². The number of thiazole rings is 1. The molecule has 1 atom stereocenters. The zero-order chi connectivity index (χ0) is 31.0. The second-order valence-corrected chi connectivity index (χ2v) is 11.1. The summed E-state index contributed by atoms with van der Waals surface area (Å²) in [7, 11) is 4.72. The minimum absolute atomic E-state index is 0.185. The Balaban J connectivity index is 1.62. The van der Waals surface area contributed by atoms with Crippen molar-refractivity contribution < 1.29 is 23.7 Å². The molecule has 0 saturated carbocycles. The number of carbonyl (C=O) groups excluding carboxylic acids is 1. The summed E-state index contributed by atoms with van der Waals surface area (Å²) in [4.78, 5) is 36.4. The van der Waals surface area contributed by atoms with E-state index in [9.17, 15) is 9.59 Å². The summed E-state index contributed by atoms with van der Waals surface area (Å²) in [6, 6.07) is 20.3. The fourth-order valence-corrected chi connectivity index (χ4v) is 6.59. The molecule has 224 valence electrons. The minimum Gasteiger partial charge on any atom is -0.497 e. The van der Waals surface area contributed by atoms with Crippen LogP contribution in [0.15, 0.2) is 87.8 Å². The smallest absolute Gasteiger partial charge is 0.338 e. The van der Waals surface area contributed by atoms with E-state index in [1.54, 1.807) is 51.9 Å². The van der Waals surface area contributed by atoms with Gasteiger partial charge in [-0.25, -0.2) is 9.79 Å². The molecule has 9 nitrogen and oxygen atoms in total. The molecular formula is C34H31N3O6S. The number of nitrogens with zero attached hydrogens (tertiary/aromatic N) is 2. The molecule has 5 aromatic rings. The van der Waals surface area contributed by atoms with Gasteiger partial charge in [0.2, 0.25) is 0 Å². The first-order chi connectivity index (χ1) is 21.4. The van der Waals surface area contributed by atoms with Gasteiger partial charge in [0.15, 0.2) is 16.3 Å². The van der Waals surface area contributed by atoms with Gasteiger partial charge in [-0.3, -0.25) is 9.36 Å². The van der Waals surface area contributed by atoms with Crippen molar-refractivity contribution in [1.82, 2.24) is 9.55 Å². The summed E-state index contributed by atoms with van der Waals surface area (Å²) < 4.78 is 24.0. The molecule has 0 aliphatic carbocycles. The lowest BCUT2D eigenvalue weighted by Gasteiger charge is -2.25. The standard InChI is InChI=1S/C34H31N3O6S/c1-6-43-33(39)29-19(2)35-34-37(31(29)21-12-15-26(41-4)27(16-21)42-5)32(38)28(44-34)18-24-23-17-22(40-3)13-14-25(23)36-30(24)20-10-8-7-9-11-20/h7-18,31,36H,6H2,1-5H3/b28-18-. The van der Waals surface area contributed by atoms with E-state index in [1.165, 1.54) is 11.3 Å². The van der Waals surface area contributed by atoms with Crippen LogP contribution >= 0.6 is 11.3 Å². The Morgan fingerprint density at radius 1 is 1.00 bits per heavy atom. The van der Waals surface area contributed by atoms with Gasteiger partial charge in [0.1, 0.15) is 5.75 Å². The second kappa shape index (κ2) is 11.9. The highest BCUT2D eigenvalue weighted by molar-refractivity contribution is 7.07. The Morgan fingerprint density at radius 3 is 2.48 bits per heavy atom. The number of carbonyl (C=O) groups is 1. The monoisotopic (exact) mass is 609 g/mol. The van der Waals surface area contributed by atoms with E-state index >= 15 is 0 Å². The van der Waals surface area contributed by atoms with E-state index in [2.05, 4.69) is 4.98 Å². The summed E-state index contributed by atoms with van der Waals surface area (Å²) in [5.74, 6) is 1.18. The predicted octanol–water partition coefficient (Wildman–Crippen LogP) is 4.97. The van der Waals surface area contributed by atoms with E-state index in [-0.39, 0.29) is 12.2 Å². The molecule has 2 aromatic heterocycles. The van der Waals surface area contributed by atoms with Crippen LogP contribution in [0, 0.1) is 0 Å². The van der Waals surface area contributed by atoms with Crippen molar-refractivity contribution in [3.8, 4) is 28.5 Å². The van der Waals surface area contributed by atoms with E-state index in [1.807, 2.05) is 60.7 Å². The number of hydrogen-bond acceptors (Lipinski definition) is 8. The summed E-state index contributed by atoms with van der Waals surface area (Å²) in [5, 5.41) is 0.911. The first-order valence-electron chi connectivity index (χ1n) is 14.0. The molecule has 0 saturated heterocycles. The lowest BCUT2D eigenvalue weighted by molar-refractivity contribution is -0.139. The summed E-state index contributed by atoms with van der Waals surface area (Å²) in [6.07, 6.45) is 1.89. The topological polar surface area (TPSA) is 104 Å². The fraction of sp³-hybridized carbons (Fsp3) is 0.206. The number of nitrogens with one attached hydrogen (secondary N) is 1. The van der Waals surface area contributed by atoms with Gasteiger partial charge in [-0.2, -0.15) is 0 Å². The average Bonchev–Trinajstić information content (AvgIpc) is 3.56. The fourth-order valence-electron chi connectivity index (χ4n) is 5.56. The van der Waals surface area contributed by atoms with Crippen LogP contribution in [-0.4, -0.2) is 43.5 Å². The van der Waals surface area contributed by atoms with Crippen LogP contribution in [0.3, 0.4) is 0 Å². The lowest BCUT2D eigenvalue weighted by atomic mass is 9.95. The van der Waals surface area contributed by atoms with Gasteiger partial charge < -0.3 is 23.9 Å². The van der Waals surface area contributed by atoms with E-state index < -0.39 is 12.0 Å². The number of allylic oxidation sites excluding steroid dienone is 1. The van der Waals surface area contributed by atoms with Gasteiger partial charge in [0, 0.05) is 16.5 Å². The quantitative estimate of drug-likeness (QED) is 0.249. The molecule has 1 unspecified atom stereocenters. The number of benzene rings is 3. The number of esters is 1. The minimum atomic E-state index is -0.788. The highest BCUT2D eigenvalue weighted by atomic mass is 32.1. The van der Waals surface area contributed by atoms with Gasteiger partial charge in [-0.05, 0) is 61.4 Å². The number of aromatic nitrogens is 2. The third-order valence-electron chi connectivity index (χ3n) is 7.62. The van der Waals surface area contributed by atoms with Crippen LogP contribution in [0.4, 0.5) is 0 Å². The summed E-state index contributed by atoms with van der Waals surface area (Å²) in [5.41, 5.74) is 4.77. The number of hydrogen-bond donors (Lipinski definition) is 1. The first-order valence-corrected chi connectivity index (χ1v) is 14.9. The molecular weight excluding hydrogens is 578 g/mol. The molecule has 1 aliphatic heterocycles. The number of fused-ring (bicyclic) bond motifs is 2. The third kappa shape index (κ3) is 4.97. The van der Waals surface area contributed by atoms with Crippen molar-refractivity contribution in [2.24, 2.45) is 4.99 Å². The van der Waals surface area contributed by atoms with E-state index in [0.29, 0.717) is 43.4 Å². The van der Waals surface area contributed by atoms with Crippen LogP contribution in [0.1, 0.15) is 31.0 Å². The number of ether oxygens (including phenoxy) is 4. The zero-order valence-corrected chi connectivity index (χ0v) is 25.8. The maximum atomic E-state index is 14.4. The van der Waals surface area contributed by atoms with E-state index in [4.69, 9.17) is 23.9 Å². The molecule has 3 aromatic carbocycles. The van der Waals surface area contributed by atoms with E-state index in [0.717, 1.165) is 27.7 Å². The zero-order valence-electron chi connectivity index (χ0n) is 25.0. The number of aromatic amines is 1. The lowest BCUT2D eigenvalue weighted by Crippen LogP contribution is -2.40. The Labute approximate surface area is 257 Å². The Hall–Kier alpha value is -5.09. The van der Waals surface area contributed by atoms with Gasteiger partial charge >= 0.3 is 5.97 Å². The largest absolute Gasteiger partial charge is 0.497 e. The SMILES string of the molecule is CCOC(=O)C1=C(C)N=c2s/c(=C\c3c(-c4ccccc4)[nH]c4ccc(OC)cc34)c(=O)n2C1c1ccc(OC)c(OC)c1. The van der Waals surface area contributed by atoms with Crippen molar-refractivity contribution in [3.05, 3.63) is 109 Å². The molecule has 0 radical (unpaired) electrons. The number of H-pyrrole nitrogens is 1. The maximum Gasteiger partial charge on any atom is 0.338 e. The average molecular weight is 610 g/mol.